The molecular formula is C42H75NO11S. The van der Waals surface area contributed by atoms with Gasteiger partial charge in [-0.3, -0.25) is 28.8 Å². The van der Waals surface area contributed by atoms with Crippen LogP contribution in [0, 0.1) is 0 Å². The molecule has 0 fully saturated rings. The molecule has 0 aromatic heterocycles. The van der Waals surface area contributed by atoms with Crippen molar-refractivity contribution in [1.29, 1.82) is 0 Å². The number of rotatable bonds is 37. The Balaban J connectivity index is 5.13. The van der Waals surface area contributed by atoms with E-state index in [-0.39, 0.29) is 74.9 Å². The minimum absolute atomic E-state index is 0.0162. The molecule has 0 radical (unpaired) electrons. The van der Waals surface area contributed by atoms with Gasteiger partial charge in [0.05, 0.1) is 0 Å². The van der Waals surface area contributed by atoms with Gasteiger partial charge in [-0.1, -0.05) is 110 Å². The molecule has 0 aromatic carbocycles. The van der Waals surface area contributed by atoms with E-state index in [2.05, 4.69) is 20.8 Å². The predicted molar refractivity (Wildman–Crippen MR) is 216 cm³/mol. The second-order valence-electron chi connectivity index (χ2n) is 14.5. The first kappa shape index (κ1) is 52.3. The number of hydrogen-bond acceptors (Lipinski definition) is 13. The molecule has 12 nitrogen and oxygen atoms in total. The second-order valence-corrected chi connectivity index (χ2v) is 15.9. The molecule has 13 heteroatoms. The molecular weight excluding hydrogens is 727 g/mol. The Morgan fingerprint density at radius 2 is 0.873 bits per heavy atom. The zero-order valence-electron chi connectivity index (χ0n) is 35.0. The number of thioether (sulfide) groups is 1. The Kier molecular flexibility index (Phi) is 35.1. The van der Waals surface area contributed by atoms with E-state index in [1.807, 2.05) is 19.0 Å². The van der Waals surface area contributed by atoms with Crippen LogP contribution >= 0.6 is 11.8 Å². The van der Waals surface area contributed by atoms with Gasteiger partial charge in [-0.15, -0.1) is 0 Å². The van der Waals surface area contributed by atoms with Crippen LogP contribution in [0.4, 0.5) is 0 Å². The monoisotopic (exact) mass is 802 g/mol. The lowest BCUT2D eigenvalue weighted by Gasteiger charge is -2.19. The SMILES string of the molecule is CCCCCCCC(=O)OCCOC(=O)CCC(CCC(=O)OC(COC(=O)CCCCCCC)COC(=O)CCCCCCC)SC(=O)CCCN(C)C. The fourth-order valence-electron chi connectivity index (χ4n) is 5.56. The smallest absolute Gasteiger partial charge is 0.306 e. The topological polar surface area (TPSA) is 152 Å². The fourth-order valence-corrected chi connectivity index (χ4v) is 6.66. The van der Waals surface area contributed by atoms with Crippen LogP contribution in [0.15, 0.2) is 0 Å². The maximum Gasteiger partial charge on any atom is 0.306 e. The minimum atomic E-state index is -0.968. The van der Waals surface area contributed by atoms with E-state index in [1.54, 1.807) is 0 Å². The van der Waals surface area contributed by atoms with E-state index in [0.717, 1.165) is 102 Å². The average molecular weight is 802 g/mol. The van der Waals surface area contributed by atoms with Crippen molar-refractivity contribution >= 4 is 46.7 Å². The number of ether oxygens (including phenoxy) is 5. The quantitative estimate of drug-likeness (QED) is 0.0335. The van der Waals surface area contributed by atoms with Gasteiger partial charge in [-0.2, -0.15) is 0 Å². The molecule has 0 rings (SSSR count). The summed E-state index contributed by atoms with van der Waals surface area (Å²) < 4.78 is 26.9. The molecule has 320 valence electrons. The summed E-state index contributed by atoms with van der Waals surface area (Å²) in [6, 6.07) is 0. The molecule has 0 N–H and O–H groups in total. The number of hydrogen-bond donors (Lipinski definition) is 0. The first-order chi connectivity index (χ1) is 26.5. The first-order valence-electron chi connectivity index (χ1n) is 21.2. The molecule has 55 heavy (non-hydrogen) atoms. The van der Waals surface area contributed by atoms with Crippen molar-refractivity contribution < 1.29 is 52.5 Å². The maximum atomic E-state index is 13.1. The van der Waals surface area contributed by atoms with Gasteiger partial charge in [0.15, 0.2) is 11.2 Å². The van der Waals surface area contributed by atoms with Crippen molar-refractivity contribution in [3.05, 3.63) is 0 Å². The molecule has 1 unspecified atom stereocenters. The minimum Gasteiger partial charge on any atom is -0.462 e. The van der Waals surface area contributed by atoms with Gasteiger partial charge in [-0.25, -0.2) is 0 Å². The van der Waals surface area contributed by atoms with Crippen molar-refractivity contribution in [3.63, 3.8) is 0 Å². The standard InChI is InChI=1S/C42H75NO11S/c1-6-9-12-15-18-22-37(44)50-31-32-51-40(47)28-26-36(55-42(49)25-21-30-43(4)5)27-29-41(48)54-35(33-52-38(45)23-19-16-13-10-7-2)34-53-39(46)24-20-17-14-11-8-3/h35-36H,6-34H2,1-5H3. The summed E-state index contributed by atoms with van der Waals surface area (Å²) in [5.41, 5.74) is 0. The highest BCUT2D eigenvalue weighted by Crippen LogP contribution is 2.25. The van der Waals surface area contributed by atoms with Crippen LogP contribution in [-0.4, -0.2) is 98.3 Å². The fraction of sp³-hybridized carbons (Fsp3) is 0.857. The van der Waals surface area contributed by atoms with Gasteiger partial charge in [0, 0.05) is 43.8 Å². The molecule has 0 aliphatic heterocycles. The average Bonchev–Trinajstić information content (AvgIpc) is 3.15. The van der Waals surface area contributed by atoms with E-state index < -0.39 is 30.0 Å². The second kappa shape index (κ2) is 36.9. The third-order valence-corrected chi connectivity index (χ3v) is 10.1. The molecule has 0 heterocycles. The van der Waals surface area contributed by atoms with Gasteiger partial charge < -0.3 is 28.6 Å². The van der Waals surface area contributed by atoms with E-state index >= 15 is 0 Å². The highest BCUT2D eigenvalue weighted by Gasteiger charge is 2.23. The van der Waals surface area contributed by atoms with Crippen molar-refractivity contribution in [3.8, 4) is 0 Å². The van der Waals surface area contributed by atoms with Crippen LogP contribution < -0.4 is 0 Å². The molecule has 0 saturated carbocycles. The summed E-state index contributed by atoms with van der Waals surface area (Å²) in [6.07, 6.45) is 16.4. The molecule has 0 aliphatic carbocycles. The number of nitrogens with zero attached hydrogens (tertiary/aromatic N) is 1. The van der Waals surface area contributed by atoms with Crippen molar-refractivity contribution in [2.24, 2.45) is 0 Å². The highest BCUT2D eigenvalue weighted by molar-refractivity contribution is 8.14. The summed E-state index contributed by atoms with van der Waals surface area (Å²) in [6.45, 7) is 6.61. The molecule has 0 aliphatic rings. The Morgan fingerprint density at radius 1 is 0.473 bits per heavy atom. The number of carbonyl (C=O) groups is 6. The Bertz CT molecular complexity index is 1010. The Labute approximate surface area is 336 Å². The summed E-state index contributed by atoms with van der Waals surface area (Å²) in [5.74, 6) is -2.17. The summed E-state index contributed by atoms with van der Waals surface area (Å²) in [5, 5.41) is -0.386. The normalized spacial score (nSPS) is 11.7. The van der Waals surface area contributed by atoms with Gasteiger partial charge in [0.1, 0.15) is 26.4 Å². The van der Waals surface area contributed by atoms with Crippen LogP contribution in [0.3, 0.4) is 0 Å². The van der Waals surface area contributed by atoms with Gasteiger partial charge in [0.2, 0.25) is 0 Å². The van der Waals surface area contributed by atoms with E-state index in [1.165, 1.54) is 0 Å². The zero-order chi connectivity index (χ0) is 40.9. The third-order valence-electron chi connectivity index (χ3n) is 8.85. The summed E-state index contributed by atoms with van der Waals surface area (Å²) >= 11 is 1.12. The van der Waals surface area contributed by atoms with Crippen LogP contribution in [0.5, 0.6) is 0 Å². The summed E-state index contributed by atoms with van der Waals surface area (Å²) in [7, 11) is 3.87. The van der Waals surface area contributed by atoms with Crippen molar-refractivity contribution in [2.75, 3.05) is 47.1 Å². The zero-order valence-corrected chi connectivity index (χ0v) is 35.8. The Hall–Kier alpha value is -2.67. The van der Waals surface area contributed by atoms with Crippen molar-refractivity contribution in [2.45, 2.75) is 186 Å². The van der Waals surface area contributed by atoms with E-state index in [0.29, 0.717) is 38.5 Å². The van der Waals surface area contributed by atoms with Crippen LogP contribution in [0.25, 0.3) is 0 Å². The van der Waals surface area contributed by atoms with E-state index in [9.17, 15) is 28.8 Å². The number of carbonyl (C=O) groups excluding carboxylic acids is 6. The molecule has 0 bridgehead atoms. The molecule has 0 spiro atoms. The largest absolute Gasteiger partial charge is 0.462 e. The number of unbranched alkanes of at least 4 members (excludes halogenated alkanes) is 12. The van der Waals surface area contributed by atoms with Crippen molar-refractivity contribution in [1.82, 2.24) is 4.90 Å². The van der Waals surface area contributed by atoms with E-state index in [4.69, 9.17) is 23.7 Å². The third kappa shape index (κ3) is 35.5. The molecule has 1 atom stereocenters. The van der Waals surface area contributed by atoms with Gasteiger partial charge >= 0.3 is 29.8 Å². The lowest BCUT2D eigenvalue weighted by atomic mass is 10.1. The predicted octanol–water partition coefficient (Wildman–Crippen LogP) is 8.68. The van der Waals surface area contributed by atoms with Crippen LogP contribution in [0.2, 0.25) is 0 Å². The van der Waals surface area contributed by atoms with Gasteiger partial charge in [0.25, 0.3) is 0 Å². The molecule has 0 aromatic rings. The molecule has 0 amide bonds. The maximum absolute atomic E-state index is 13.1. The van der Waals surface area contributed by atoms with Crippen LogP contribution in [0.1, 0.15) is 175 Å². The summed E-state index contributed by atoms with van der Waals surface area (Å²) in [4.78, 5) is 77.1. The van der Waals surface area contributed by atoms with Gasteiger partial charge in [-0.05, 0) is 59.2 Å². The number of esters is 5. The highest BCUT2D eigenvalue weighted by atomic mass is 32.2. The lowest BCUT2D eigenvalue weighted by Crippen LogP contribution is -2.31. The first-order valence-corrected chi connectivity index (χ1v) is 22.0. The Morgan fingerprint density at radius 3 is 1.31 bits per heavy atom. The van der Waals surface area contributed by atoms with Crippen LogP contribution in [-0.2, 0) is 52.5 Å². The lowest BCUT2D eigenvalue weighted by molar-refractivity contribution is -0.167. The molecule has 0 saturated heterocycles.